The number of anilines is 1. The van der Waals surface area contributed by atoms with Crippen LogP contribution in [0.2, 0.25) is 0 Å². The number of rotatable bonds is 5. The molecule has 1 aliphatic heterocycles. The summed E-state index contributed by atoms with van der Waals surface area (Å²) in [5.41, 5.74) is -0.591. The van der Waals surface area contributed by atoms with Crippen LogP contribution in [0.5, 0.6) is 0 Å². The number of ether oxygens (including phenoxy) is 2. The number of carbonyl (C=O) groups is 1. The third-order valence-electron chi connectivity index (χ3n) is 4.52. The van der Waals surface area contributed by atoms with Crippen molar-refractivity contribution in [2.75, 3.05) is 31.7 Å². The number of alkyl carbamates (subject to hydrolysis) is 1. The Morgan fingerprint density at radius 2 is 2.07 bits per heavy atom. The molecule has 10 heteroatoms. The number of nitrogens with one attached hydrogen (secondary N) is 1. The second-order valence-electron chi connectivity index (χ2n) is 7.77. The van der Waals surface area contributed by atoms with Crippen LogP contribution in [0.3, 0.4) is 0 Å². The van der Waals surface area contributed by atoms with E-state index < -0.39 is 16.6 Å². The van der Waals surface area contributed by atoms with Crippen LogP contribution >= 0.6 is 0 Å². The summed E-state index contributed by atoms with van der Waals surface area (Å²) < 4.78 is 12.2. The van der Waals surface area contributed by atoms with Gasteiger partial charge in [-0.15, -0.1) is 0 Å². The summed E-state index contributed by atoms with van der Waals surface area (Å²) in [6, 6.07) is -0.142. The maximum absolute atomic E-state index is 12.2. The van der Waals surface area contributed by atoms with Crippen LogP contribution in [-0.4, -0.2) is 59.2 Å². The standard InChI is InChI=1S/C17H29N5O5/c1-17(2,3)27-16(23)19-13-7-9-21(8-6-12(13)11-26-5)15-14(22(24)25)10-18-20(15)4/h10,12-13H,6-9,11H2,1-5H3,(H,19,23). The molecule has 0 aromatic carbocycles. The first kappa shape index (κ1) is 20.9. The van der Waals surface area contributed by atoms with Gasteiger partial charge in [-0.2, -0.15) is 5.10 Å². The number of aromatic nitrogens is 2. The van der Waals surface area contributed by atoms with Gasteiger partial charge in [0.1, 0.15) is 11.8 Å². The zero-order valence-corrected chi connectivity index (χ0v) is 16.6. The average molecular weight is 383 g/mol. The molecule has 0 saturated carbocycles. The molecule has 0 radical (unpaired) electrons. The van der Waals surface area contributed by atoms with Gasteiger partial charge < -0.3 is 19.7 Å². The third kappa shape index (κ3) is 5.56. The quantitative estimate of drug-likeness (QED) is 0.612. The minimum Gasteiger partial charge on any atom is -0.444 e. The van der Waals surface area contributed by atoms with Crippen molar-refractivity contribution in [3.63, 3.8) is 0 Å². The van der Waals surface area contributed by atoms with E-state index in [0.29, 0.717) is 31.9 Å². The minimum absolute atomic E-state index is 0.0145. The molecule has 1 amide bonds. The summed E-state index contributed by atoms with van der Waals surface area (Å²) in [5.74, 6) is 0.564. The van der Waals surface area contributed by atoms with E-state index >= 15 is 0 Å². The first-order valence-electron chi connectivity index (χ1n) is 9.02. The highest BCUT2D eigenvalue weighted by molar-refractivity contribution is 5.68. The van der Waals surface area contributed by atoms with E-state index in [-0.39, 0.29) is 17.6 Å². The lowest BCUT2D eigenvalue weighted by atomic mass is 9.96. The first-order chi connectivity index (χ1) is 12.6. The van der Waals surface area contributed by atoms with Crippen molar-refractivity contribution in [3.05, 3.63) is 16.3 Å². The molecule has 1 saturated heterocycles. The van der Waals surface area contributed by atoms with E-state index in [2.05, 4.69) is 10.4 Å². The van der Waals surface area contributed by atoms with Crippen LogP contribution in [-0.2, 0) is 16.5 Å². The molecule has 2 atom stereocenters. The largest absolute Gasteiger partial charge is 0.444 e. The number of aryl methyl sites for hydroxylation is 1. The fourth-order valence-corrected chi connectivity index (χ4v) is 3.35. The molecular weight excluding hydrogens is 354 g/mol. The zero-order chi connectivity index (χ0) is 20.2. The lowest BCUT2D eigenvalue weighted by molar-refractivity contribution is -0.384. The maximum Gasteiger partial charge on any atom is 0.407 e. The molecular formula is C17H29N5O5. The van der Waals surface area contributed by atoms with Crippen molar-refractivity contribution in [1.82, 2.24) is 15.1 Å². The number of amides is 1. The third-order valence-corrected chi connectivity index (χ3v) is 4.52. The number of nitro groups is 1. The Bertz CT molecular complexity index is 669. The topological polar surface area (TPSA) is 112 Å². The summed E-state index contributed by atoms with van der Waals surface area (Å²) >= 11 is 0. The number of methoxy groups -OCH3 is 1. The van der Waals surface area contributed by atoms with Crippen molar-refractivity contribution < 1.29 is 19.2 Å². The Balaban J connectivity index is 2.15. The fourth-order valence-electron chi connectivity index (χ4n) is 3.35. The van der Waals surface area contributed by atoms with E-state index in [0.717, 1.165) is 6.42 Å². The molecule has 27 heavy (non-hydrogen) atoms. The SMILES string of the molecule is COCC1CCN(c2c([N+](=O)[O-])cnn2C)CCC1NC(=O)OC(C)(C)C. The summed E-state index contributed by atoms with van der Waals surface area (Å²) in [5, 5.41) is 18.3. The molecule has 1 aromatic heterocycles. The smallest absolute Gasteiger partial charge is 0.407 e. The van der Waals surface area contributed by atoms with Gasteiger partial charge in [-0.05, 0) is 33.6 Å². The molecule has 0 spiro atoms. The van der Waals surface area contributed by atoms with Gasteiger partial charge in [-0.25, -0.2) is 9.48 Å². The van der Waals surface area contributed by atoms with E-state index in [1.165, 1.54) is 10.9 Å². The van der Waals surface area contributed by atoms with Crippen molar-refractivity contribution in [3.8, 4) is 0 Å². The van der Waals surface area contributed by atoms with E-state index in [1.54, 1.807) is 14.2 Å². The van der Waals surface area contributed by atoms with Crippen molar-refractivity contribution >= 4 is 17.6 Å². The van der Waals surface area contributed by atoms with Crippen molar-refractivity contribution in [2.24, 2.45) is 13.0 Å². The summed E-state index contributed by atoms with van der Waals surface area (Å²) in [6.45, 7) is 7.10. The molecule has 0 bridgehead atoms. The van der Waals surface area contributed by atoms with Crippen LogP contribution < -0.4 is 10.2 Å². The predicted octanol–water partition coefficient (Wildman–Crippen LogP) is 2.08. The second-order valence-corrected chi connectivity index (χ2v) is 7.77. The minimum atomic E-state index is -0.576. The van der Waals surface area contributed by atoms with Crippen molar-refractivity contribution in [1.29, 1.82) is 0 Å². The van der Waals surface area contributed by atoms with Gasteiger partial charge in [0.2, 0.25) is 5.82 Å². The van der Waals surface area contributed by atoms with Gasteiger partial charge in [0.25, 0.3) is 0 Å². The Labute approximate surface area is 158 Å². The van der Waals surface area contributed by atoms with Gasteiger partial charge in [-0.1, -0.05) is 0 Å². The Kier molecular flexibility index (Phi) is 6.63. The summed E-state index contributed by atoms with van der Waals surface area (Å²) in [6.07, 6.45) is 2.14. The van der Waals surface area contributed by atoms with Crippen LogP contribution in [0.15, 0.2) is 6.20 Å². The van der Waals surface area contributed by atoms with Gasteiger partial charge in [0.15, 0.2) is 0 Å². The second kappa shape index (κ2) is 8.55. The maximum atomic E-state index is 12.2. The van der Waals surface area contributed by atoms with E-state index in [1.807, 2.05) is 25.7 Å². The van der Waals surface area contributed by atoms with Crippen LogP contribution in [0.25, 0.3) is 0 Å². The van der Waals surface area contributed by atoms with Crippen LogP contribution in [0, 0.1) is 16.0 Å². The highest BCUT2D eigenvalue weighted by Crippen LogP contribution is 2.30. The highest BCUT2D eigenvalue weighted by Gasteiger charge is 2.32. The molecule has 1 fully saturated rings. The average Bonchev–Trinajstić information content (AvgIpc) is 2.82. The molecule has 2 rings (SSSR count). The van der Waals surface area contributed by atoms with Gasteiger partial charge in [0.05, 0.1) is 11.5 Å². The molecule has 2 unspecified atom stereocenters. The Morgan fingerprint density at radius 1 is 1.41 bits per heavy atom. The Hall–Kier alpha value is -2.36. The summed E-state index contributed by atoms with van der Waals surface area (Å²) in [4.78, 5) is 25.0. The van der Waals surface area contributed by atoms with Gasteiger partial charge in [-0.3, -0.25) is 10.1 Å². The predicted molar refractivity (Wildman–Crippen MR) is 99.8 cm³/mol. The molecule has 0 aliphatic carbocycles. The summed E-state index contributed by atoms with van der Waals surface area (Å²) in [7, 11) is 3.31. The lowest BCUT2D eigenvalue weighted by Crippen LogP contribution is -2.44. The number of carbonyl (C=O) groups excluding carboxylic acids is 1. The van der Waals surface area contributed by atoms with Crippen molar-refractivity contribution in [2.45, 2.75) is 45.3 Å². The molecule has 1 aromatic rings. The monoisotopic (exact) mass is 383 g/mol. The molecule has 2 heterocycles. The normalized spacial score (nSPS) is 20.9. The molecule has 1 N–H and O–H groups in total. The number of hydrogen-bond acceptors (Lipinski definition) is 7. The van der Waals surface area contributed by atoms with E-state index in [4.69, 9.17) is 9.47 Å². The molecule has 152 valence electrons. The van der Waals surface area contributed by atoms with Crippen LogP contribution in [0.1, 0.15) is 33.6 Å². The Morgan fingerprint density at radius 3 is 2.67 bits per heavy atom. The molecule has 10 nitrogen and oxygen atoms in total. The van der Waals surface area contributed by atoms with Gasteiger partial charge in [0, 0.05) is 39.2 Å². The van der Waals surface area contributed by atoms with E-state index in [9.17, 15) is 14.9 Å². The zero-order valence-electron chi connectivity index (χ0n) is 16.6. The lowest BCUT2D eigenvalue weighted by Gasteiger charge is -2.27. The van der Waals surface area contributed by atoms with Gasteiger partial charge >= 0.3 is 11.8 Å². The highest BCUT2D eigenvalue weighted by atomic mass is 16.6. The fraction of sp³-hybridized carbons (Fsp3) is 0.765. The number of hydrogen-bond donors (Lipinski definition) is 1. The van der Waals surface area contributed by atoms with Crippen LogP contribution in [0.4, 0.5) is 16.3 Å². The first-order valence-corrected chi connectivity index (χ1v) is 9.02. The number of nitrogens with zero attached hydrogens (tertiary/aromatic N) is 4. The molecule has 1 aliphatic rings.